The number of carbonyl (C=O) groups excluding carboxylic acids is 4. The number of methoxy groups -OCH3 is 1. The first-order chi connectivity index (χ1) is 22.6. The fourth-order valence-corrected chi connectivity index (χ4v) is 6.18. The summed E-state index contributed by atoms with van der Waals surface area (Å²) in [5.74, 6) is -1.97. The zero-order valence-corrected chi connectivity index (χ0v) is 25.9. The number of hydrogen-bond acceptors (Lipinski definition) is 9. The van der Waals surface area contributed by atoms with E-state index in [4.69, 9.17) is 4.74 Å². The van der Waals surface area contributed by atoms with Crippen molar-refractivity contribution in [2.45, 2.75) is 38.0 Å². The Balaban J connectivity index is 1.55. The van der Waals surface area contributed by atoms with E-state index < -0.39 is 34.7 Å². The molecule has 13 heteroatoms. The SMILES string of the molecule is C=CCN1CC(=O)N2[C@@H](Cc3ccc(O)cc3)C(=O)N(Cc3cccc(C(=O)OC)c3[N+](=O)[O-])C[C@@H]2N1C(=O)CCc1ccccc1. The van der Waals surface area contributed by atoms with Crippen molar-refractivity contribution in [3.8, 4) is 5.75 Å². The van der Waals surface area contributed by atoms with Gasteiger partial charge in [0.05, 0.1) is 37.2 Å². The molecule has 0 bridgehead atoms. The third-order valence-electron chi connectivity index (χ3n) is 8.33. The Morgan fingerprint density at radius 3 is 2.43 bits per heavy atom. The van der Waals surface area contributed by atoms with Crippen molar-refractivity contribution in [2.24, 2.45) is 0 Å². The van der Waals surface area contributed by atoms with E-state index in [1.165, 1.54) is 45.1 Å². The lowest BCUT2D eigenvalue weighted by atomic mass is 9.97. The van der Waals surface area contributed by atoms with Crippen LogP contribution in [0.4, 0.5) is 5.69 Å². The van der Waals surface area contributed by atoms with Gasteiger partial charge in [0.2, 0.25) is 17.7 Å². The molecule has 1 N–H and O–H groups in total. The highest BCUT2D eigenvalue weighted by molar-refractivity contribution is 5.95. The number of fused-ring (bicyclic) bond motifs is 1. The molecule has 3 aromatic carbocycles. The highest BCUT2D eigenvalue weighted by Crippen LogP contribution is 2.32. The van der Waals surface area contributed by atoms with Crippen molar-refractivity contribution >= 4 is 29.4 Å². The number of hydrogen-bond donors (Lipinski definition) is 1. The van der Waals surface area contributed by atoms with Crippen molar-refractivity contribution in [3.63, 3.8) is 0 Å². The number of amides is 3. The predicted octanol–water partition coefficient (Wildman–Crippen LogP) is 3.07. The molecule has 5 rings (SSSR count). The fraction of sp³-hybridized carbons (Fsp3) is 0.294. The van der Waals surface area contributed by atoms with Crippen LogP contribution in [0.1, 0.15) is 33.5 Å². The quantitative estimate of drug-likeness (QED) is 0.144. The number of rotatable bonds is 11. The monoisotopic (exact) mass is 641 g/mol. The second-order valence-electron chi connectivity index (χ2n) is 11.3. The molecular formula is C34H35N5O8. The summed E-state index contributed by atoms with van der Waals surface area (Å²) in [5, 5.41) is 25.1. The third kappa shape index (κ3) is 6.99. The number of piperazine rings is 1. The van der Waals surface area contributed by atoms with Crippen LogP contribution in [0.25, 0.3) is 0 Å². The number of phenols is 1. The lowest BCUT2D eigenvalue weighted by molar-refractivity contribution is -0.386. The van der Waals surface area contributed by atoms with Gasteiger partial charge in [0.1, 0.15) is 23.5 Å². The van der Waals surface area contributed by atoms with Crippen molar-refractivity contribution < 1.29 is 33.9 Å². The number of aromatic hydroxyl groups is 1. The van der Waals surface area contributed by atoms with Gasteiger partial charge in [0, 0.05) is 19.4 Å². The minimum atomic E-state index is -1.07. The van der Waals surface area contributed by atoms with E-state index in [0.29, 0.717) is 12.0 Å². The summed E-state index contributed by atoms with van der Waals surface area (Å²) in [7, 11) is 1.12. The topological polar surface area (TPSA) is 154 Å². The van der Waals surface area contributed by atoms with E-state index in [1.54, 1.807) is 23.2 Å². The number of hydrazine groups is 1. The molecule has 0 aromatic heterocycles. The minimum absolute atomic E-state index is 0.0327. The molecular weight excluding hydrogens is 606 g/mol. The number of phenolic OH excluding ortho intramolecular Hbond substituents is 1. The molecule has 3 amide bonds. The largest absolute Gasteiger partial charge is 0.508 e. The predicted molar refractivity (Wildman–Crippen MR) is 169 cm³/mol. The van der Waals surface area contributed by atoms with Gasteiger partial charge >= 0.3 is 5.97 Å². The van der Waals surface area contributed by atoms with Crippen LogP contribution in [0.5, 0.6) is 5.75 Å². The van der Waals surface area contributed by atoms with Crippen molar-refractivity contribution in [3.05, 3.63) is 118 Å². The van der Waals surface area contributed by atoms with E-state index in [9.17, 15) is 34.4 Å². The Bertz CT molecular complexity index is 1680. The van der Waals surface area contributed by atoms with E-state index >= 15 is 0 Å². The van der Waals surface area contributed by atoms with Gasteiger partial charge in [-0.15, -0.1) is 6.58 Å². The molecule has 2 aliphatic rings. The Morgan fingerprint density at radius 2 is 1.77 bits per heavy atom. The lowest BCUT2D eigenvalue weighted by Gasteiger charge is -2.55. The molecule has 0 spiro atoms. The molecule has 13 nitrogen and oxygen atoms in total. The Hall–Kier alpha value is -5.56. The van der Waals surface area contributed by atoms with Crippen LogP contribution in [0.15, 0.2) is 85.5 Å². The lowest BCUT2D eigenvalue weighted by Crippen LogP contribution is -2.75. The highest BCUT2D eigenvalue weighted by atomic mass is 16.6. The highest BCUT2D eigenvalue weighted by Gasteiger charge is 2.51. The maximum Gasteiger partial charge on any atom is 0.344 e. The first-order valence-corrected chi connectivity index (χ1v) is 15.1. The molecule has 2 aliphatic heterocycles. The number of nitro benzene ring substituents is 1. The van der Waals surface area contributed by atoms with Gasteiger partial charge in [0.25, 0.3) is 5.69 Å². The zero-order chi connectivity index (χ0) is 33.7. The smallest absolute Gasteiger partial charge is 0.344 e. The number of para-hydroxylation sites is 1. The Kier molecular flexibility index (Phi) is 9.95. The Morgan fingerprint density at radius 1 is 1.04 bits per heavy atom. The summed E-state index contributed by atoms with van der Waals surface area (Å²) in [5.41, 5.74) is 0.959. The summed E-state index contributed by atoms with van der Waals surface area (Å²) in [6.45, 7) is 3.42. The summed E-state index contributed by atoms with van der Waals surface area (Å²) < 4.78 is 4.75. The van der Waals surface area contributed by atoms with Crippen LogP contribution in [0.2, 0.25) is 0 Å². The van der Waals surface area contributed by atoms with Crippen LogP contribution in [0, 0.1) is 10.1 Å². The summed E-state index contributed by atoms with van der Waals surface area (Å²) in [6.07, 6.45) is 1.30. The van der Waals surface area contributed by atoms with Crippen LogP contribution in [-0.2, 0) is 38.5 Å². The molecule has 0 saturated carbocycles. The maximum atomic E-state index is 14.2. The van der Waals surface area contributed by atoms with E-state index in [-0.39, 0.29) is 67.7 Å². The van der Waals surface area contributed by atoms with Crippen molar-refractivity contribution in [2.75, 3.05) is 26.7 Å². The first kappa shape index (κ1) is 32.8. The van der Waals surface area contributed by atoms with Gasteiger partial charge in [-0.1, -0.05) is 60.7 Å². The second-order valence-corrected chi connectivity index (χ2v) is 11.3. The Labute approximate surface area is 271 Å². The van der Waals surface area contributed by atoms with Crippen LogP contribution in [0.3, 0.4) is 0 Å². The van der Waals surface area contributed by atoms with E-state index in [2.05, 4.69) is 6.58 Å². The average molecular weight is 642 g/mol. The van der Waals surface area contributed by atoms with E-state index in [1.807, 2.05) is 30.3 Å². The van der Waals surface area contributed by atoms with Gasteiger partial charge in [0.15, 0.2) is 0 Å². The van der Waals surface area contributed by atoms with Crippen molar-refractivity contribution in [1.82, 2.24) is 19.8 Å². The van der Waals surface area contributed by atoms with Crippen molar-refractivity contribution in [1.29, 1.82) is 0 Å². The van der Waals surface area contributed by atoms with E-state index in [0.717, 1.165) is 12.7 Å². The third-order valence-corrected chi connectivity index (χ3v) is 8.33. The molecule has 0 aliphatic carbocycles. The minimum Gasteiger partial charge on any atom is -0.508 e. The van der Waals surface area contributed by atoms with Crippen LogP contribution < -0.4 is 0 Å². The molecule has 0 radical (unpaired) electrons. The molecule has 3 aromatic rings. The number of aryl methyl sites for hydroxylation is 1. The number of carbonyl (C=O) groups is 4. The standard InChI is InChI=1S/C34H35N5O8/c1-3-18-36-22-31(42)37-28(19-24-12-15-26(40)16-13-24)33(43)35(20-25-10-7-11-27(34(44)47-2)32(25)39(45)46)21-29(37)38(36)30(41)17-14-23-8-5-4-6-9-23/h3-13,15-16,28-29,40H,1,14,17-22H2,2H3/t28-,29-/m0/s1. The normalized spacial score (nSPS) is 18.1. The number of esters is 1. The molecule has 2 saturated heterocycles. The molecule has 2 atom stereocenters. The van der Waals surface area contributed by atoms with Gasteiger partial charge in [-0.25, -0.2) is 14.8 Å². The summed E-state index contributed by atoms with van der Waals surface area (Å²) in [6, 6.07) is 18.9. The zero-order valence-electron chi connectivity index (χ0n) is 25.9. The number of nitrogens with zero attached hydrogens (tertiary/aromatic N) is 5. The molecule has 47 heavy (non-hydrogen) atoms. The van der Waals surface area contributed by atoms with Gasteiger partial charge in [-0.3, -0.25) is 24.5 Å². The number of nitro groups is 1. The molecule has 0 unspecified atom stereocenters. The fourth-order valence-electron chi connectivity index (χ4n) is 6.18. The van der Waals surface area contributed by atoms with Gasteiger partial charge in [-0.2, -0.15) is 0 Å². The molecule has 244 valence electrons. The molecule has 2 heterocycles. The first-order valence-electron chi connectivity index (χ1n) is 15.1. The average Bonchev–Trinajstić information content (AvgIpc) is 3.06. The van der Waals surface area contributed by atoms with Crippen LogP contribution in [-0.4, -0.2) is 92.5 Å². The maximum absolute atomic E-state index is 14.2. The summed E-state index contributed by atoms with van der Waals surface area (Å²) in [4.78, 5) is 68.8. The second kappa shape index (κ2) is 14.3. The number of ether oxygens (including phenoxy) is 1. The molecule has 2 fully saturated rings. The summed E-state index contributed by atoms with van der Waals surface area (Å²) >= 11 is 0. The van der Waals surface area contributed by atoms with Crippen LogP contribution >= 0.6 is 0 Å². The van der Waals surface area contributed by atoms with Gasteiger partial charge in [-0.05, 0) is 35.7 Å². The number of benzene rings is 3. The van der Waals surface area contributed by atoms with Gasteiger partial charge < -0.3 is 19.6 Å².